The summed E-state index contributed by atoms with van der Waals surface area (Å²) in [6, 6.07) is 7.95. The van der Waals surface area contributed by atoms with E-state index in [4.69, 9.17) is 11.6 Å². The molecule has 10 nitrogen and oxygen atoms in total. The molecular weight excluding hydrogens is 572 g/mol. The Morgan fingerprint density at radius 1 is 1.15 bits per heavy atom. The number of hydrogen-bond donors (Lipinski definition) is 2. The van der Waals surface area contributed by atoms with Gasteiger partial charge in [0, 0.05) is 66.9 Å². The van der Waals surface area contributed by atoms with Crippen LogP contribution in [0, 0.1) is 5.92 Å². The second-order valence-corrected chi connectivity index (χ2v) is 13.9. The summed E-state index contributed by atoms with van der Waals surface area (Å²) < 4.78 is 24.4. The van der Waals surface area contributed by atoms with Crippen molar-refractivity contribution in [3.8, 4) is 0 Å². The summed E-state index contributed by atoms with van der Waals surface area (Å²) in [4.78, 5) is 40.3. The molecule has 2 aliphatic rings. The molecule has 2 N–H and O–H groups in total. The topological polar surface area (TPSA) is 125 Å². The fourth-order valence-electron chi connectivity index (χ4n) is 4.97. The van der Waals surface area contributed by atoms with Crippen LogP contribution in [-0.2, 0) is 27.6 Å². The zero-order valence-corrected chi connectivity index (χ0v) is 24.7. The average molecular weight is 603 g/mol. The number of benzene rings is 1. The van der Waals surface area contributed by atoms with Gasteiger partial charge in [0.25, 0.3) is 5.91 Å². The number of nitrogens with zero attached hydrogens (tertiary/aromatic N) is 4. The molecule has 0 unspecified atom stereocenters. The van der Waals surface area contributed by atoms with Gasteiger partial charge in [-0.15, -0.1) is 11.3 Å². The van der Waals surface area contributed by atoms with Crippen molar-refractivity contribution < 1.29 is 18.0 Å². The van der Waals surface area contributed by atoms with Crippen molar-refractivity contribution in [1.82, 2.24) is 14.9 Å². The Bertz CT molecular complexity index is 1540. The van der Waals surface area contributed by atoms with Crippen LogP contribution in [0.4, 0.5) is 16.6 Å². The first kappa shape index (κ1) is 28.5. The number of hydrogen-bond acceptors (Lipinski definition) is 9. The van der Waals surface area contributed by atoms with E-state index in [-0.39, 0.29) is 16.7 Å². The highest BCUT2D eigenvalue weighted by Crippen LogP contribution is 2.32. The SMILES string of the molecule is CN1CCc2nc(NC(=O)CC3CCN(c4ncc(S(C)(=O)=O)cc4NC(=O)c4cccc(Cl)c4)CC3)sc2C1. The zero-order valence-electron chi connectivity index (χ0n) is 22.3. The Morgan fingerprint density at radius 3 is 2.65 bits per heavy atom. The number of rotatable bonds is 7. The molecule has 1 aromatic carbocycles. The van der Waals surface area contributed by atoms with Crippen LogP contribution in [0.5, 0.6) is 0 Å². The molecule has 2 aliphatic heterocycles. The van der Waals surface area contributed by atoms with Crippen LogP contribution in [0.2, 0.25) is 5.02 Å². The third-order valence-electron chi connectivity index (χ3n) is 7.16. The van der Waals surface area contributed by atoms with Gasteiger partial charge in [0.2, 0.25) is 5.91 Å². The number of sulfone groups is 1. The number of likely N-dealkylation sites (N-methyl/N-ethyl adjacent to an activating group) is 1. The molecule has 0 saturated carbocycles. The first-order valence-corrected chi connectivity index (χ1v) is 16.1. The number of carbonyl (C=O) groups is 2. The van der Waals surface area contributed by atoms with E-state index in [1.54, 1.807) is 35.6 Å². The van der Waals surface area contributed by atoms with Crippen LogP contribution in [-0.4, -0.2) is 68.0 Å². The van der Waals surface area contributed by atoms with Gasteiger partial charge in [-0.3, -0.25) is 9.59 Å². The van der Waals surface area contributed by atoms with Gasteiger partial charge in [0.1, 0.15) is 0 Å². The molecule has 3 aromatic rings. The molecule has 0 bridgehead atoms. The number of anilines is 3. The van der Waals surface area contributed by atoms with Crippen molar-refractivity contribution in [3.63, 3.8) is 0 Å². The number of thiazole rings is 1. The molecule has 0 spiro atoms. The molecule has 13 heteroatoms. The summed E-state index contributed by atoms with van der Waals surface area (Å²) in [5, 5.41) is 6.89. The maximum Gasteiger partial charge on any atom is 0.255 e. The van der Waals surface area contributed by atoms with Gasteiger partial charge in [-0.1, -0.05) is 17.7 Å². The fourth-order valence-corrected chi connectivity index (χ4v) is 6.84. The van der Waals surface area contributed by atoms with Crippen LogP contribution in [0.15, 0.2) is 41.4 Å². The Balaban J connectivity index is 1.23. The van der Waals surface area contributed by atoms with Crippen molar-refractivity contribution in [1.29, 1.82) is 0 Å². The lowest BCUT2D eigenvalue weighted by Gasteiger charge is -2.33. The monoisotopic (exact) mass is 602 g/mol. The average Bonchev–Trinajstić information content (AvgIpc) is 3.29. The van der Waals surface area contributed by atoms with Crippen molar-refractivity contribution in [3.05, 3.63) is 57.7 Å². The molecule has 5 rings (SSSR count). The lowest BCUT2D eigenvalue weighted by atomic mass is 9.93. The number of halogens is 1. The predicted molar refractivity (Wildman–Crippen MR) is 157 cm³/mol. The van der Waals surface area contributed by atoms with E-state index in [9.17, 15) is 18.0 Å². The second-order valence-electron chi connectivity index (χ2n) is 10.3. The van der Waals surface area contributed by atoms with Gasteiger partial charge in [-0.2, -0.15) is 0 Å². The van der Waals surface area contributed by atoms with Gasteiger partial charge >= 0.3 is 0 Å². The van der Waals surface area contributed by atoms with Gasteiger partial charge in [0.15, 0.2) is 20.8 Å². The quantitative estimate of drug-likeness (QED) is 0.414. The summed E-state index contributed by atoms with van der Waals surface area (Å²) in [6.45, 7) is 3.06. The Labute approximate surface area is 242 Å². The van der Waals surface area contributed by atoms with Gasteiger partial charge < -0.3 is 20.4 Å². The van der Waals surface area contributed by atoms with Crippen LogP contribution in [0.3, 0.4) is 0 Å². The van der Waals surface area contributed by atoms with Gasteiger partial charge in [-0.05, 0) is 50.1 Å². The highest BCUT2D eigenvalue weighted by atomic mass is 35.5. The van der Waals surface area contributed by atoms with Crippen molar-refractivity contribution in [2.24, 2.45) is 5.92 Å². The van der Waals surface area contributed by atoms with Crippen molar-refractivity contribution in [2.45, 2.75) is 37.1 Å². The molecular formula is C27H31ClN6O4S2. The number of pyridine rings is 1. The molecule has 1 saturated heterocycles. The lowest BCUT2D eigenvalue weighted by Crippen LogP contribution is -2.36. The van der Waals surface area contributed by atoms with Crippen LogP contribution >= 0.6 is 22.9 Å². The van der Waals surface area contributed by atoms with Crippen LogP contribution in [0.25, 0.3) is 0 Å². The van der Waals surface area contributed by atoms with Crippen LogP contribution in [0.1, 0.15) is 40.2 Å². The van der Waals surface area contributed by atoms with E-state index in [1.807, 2.05) is 4.90 Å². The number of amides is 2. The molecule has 1 fully saturated rings. The summed E-state index contributed by atoms with van der Waals surface area (Å²) in [7, 11) is -1.45. The highest BCUT2D eigenvalue weighted by molar-refractivity contribution is 7.90. The minimum atomic E-state index is -3.54. The molecule has 2 amide bonds. The Kier molecular flexibility index (Phi) is 8.41. The molecule has 0 atom stereocenters. The fraction of sp³-hybridized carbons (Fsp3) is 0.407. The maximum atomic E-state index is 12.9. The first-order chi connectivity index (χ1) is 19.0. The summed E-state index contributed by atoms with van der Waals surface area (Å²) in [6.07, 6.45) is 5.22. The summed E-state index contributed by atoms with van der Waals surface area (Å²) >= 11 is 7.59. The molecule has 40 heavy (non-hydrogen) atoms. The van der Waals surface area contributed by atoms with E-state index in [2.05, 4.69) is 32.5 Å². The van der Waals surface area contributed by atoms with E-state index in [0.29, 0.717) is 46.7 Å². The second kappa shape index (κ2) is 11.8. The van der Waals surface area contributed by atoms with Gasteiger partial charge in [0.05, 0.1) is 16.3 Å². The minimum absolute atomic E-state index is 0.0136. The first-order valence-electron chi connectivity index (χ1n) is 13.0. The van der Waals surface area contributed by atoms with E-state index < -0.39 is 15.7 Å². The normalized spacial score (nSPS) is 16.4. The summed E-state index contributed by atoms with van der Waals surface area (Å²) in [5.74, 6) is 0.224. The van der Waals surface area contributed by atoms with Crippen molar-refractivity contribution >= 4 is 61.2 Å². The van der Waals surface area contributed by atoms with Crippen LogP contribution < -0.4 is 15.5 Å². The minimum Gasteiger partial charge on any atom is -0.355 e. The molecule has 4 heterocycles. The standard InChI is InChI=1S/C27H31ClN6O4S2/c1-33-9-8-21-23(16-33)39-27(31-21)32-24(35)12-17-6-10-34(11-7-17)25-22(14-20(15-29-25)40(2,37)38)30-26(36)18-4-3-5-19(28)13-18/h3-5,13-15,17H,6-12,16H2,1-2H3,(H,30,36)(H,31,32,35). The van der Waals surface area contributed by atoms with E-state index >= 15 is 0 Å². The lowest BCUT2D eigenvalue weighted by molar-refractivity contribution is -0.117. The smallest absolute Gasteiger partial charge is 0.255 e. The Morgan fingerprint density at radius 2 is 1.93 bits per heavy atom. The zero-order chi connectivity index (χ0) is 28.4. The third-order valence-corrected chi connectivity index (χ3v) is 9.47. The molecule has 2 aromatic heterocycles. The molecule has 212 valence electrons. The molecule has 0 radical (unpaired) electrons. The highest BCUT2D eigenvalue weighted by Gasteiger charge is 2.26. The Hall–Kier alpha value is -3.06. The number of aromatic nitrogens is 2. The number of piperidine rings is 1. The number of fused-ring (bicyclic) bond motifs is 1. The van der Waals surface area contributed by atoms with Gasteiger partial charge in [-0.25, -0.2) is 18.4 Å². The van der Waals surface area contributed by atoms with E-state index in [0.717, 1.165) is 44.3 Å². The maximum absolute atomic E-state index is 12.9. The predicted octanol–water partition coefficient (Wildman–Crippen LogP) is 4.08. The largest absolute Gasteiger partial charge is 0.355 e. The van der Waals surface area contributed by atoms with E-state index in [1.165, 1.54) is 17.1 Å². The number of carbonyl (C=O) groups excluding carboxylic acids is 2. The summed E-state index contributed by atoms with van der Waals surface area (Å²) in [5.41, 5.74) is 1.74. The molecule has 0 aliphatic carbocycles. The number of nitrogens with one attached hydrogen (secondary N) is 2. The third kappa shape index (κ3) is 6.80. The van der Waals surface area contributed by atoms with Crippen molar-refractivity contribution in [2.75, 3.05) is 48.5 Å².